The van der Waals surface area contributed by atoms with Crippen molar-refractivity contribution < 1.29 is 17.7 Å². The molecule has 3 rings (SSSR count). The first-order chi connectivity index (χ1) is 11.9. The van der Waals surface area contributed by atoms with Crippen molar-refractivity contribution in [2.45, 2.75) is 56.4 Å². The summed E-state index contributed by atoms with van der Waals surface area (Å²) in [7, 11) is -2.09. The summed E-state index contributed by atoms with van der Waals surface area (Å²) >= 11 is 0. The second-order valence-electron chi connectivity index (χ2n) is 6.58. The Morgan fingerprint density at radius 1 is 1.28 bits per heavy atom. The molecule has 0 aliphatic heterocycles. The summed E-state index contributed by atoms with van der Waals surface area (Å²) in [5, 5.41) is 3.94. The second kappa shape index (κ2) is 7.13. The van der Waals surface area contributed by atoms with Crippen molar-refractivity contribution in [1.29, 1.82) is 0 Å². The Balaban J connectivity index is 1.96. The van der Waals surface area contributed by atoms with Gasteiger partial charge in [-0.25, -0.2) is 13.1 Å². The van der Waals surface area contributed by atoms with Crippen LogP contribution in [0.15, 0.2) is 27.6 Å². The average Bonchev–Trinajstić information content (AvgIpc) is 3.25. The van der Waals surface area contributed by atoms with Gasteiger partial charge in [-0.2, -0.15) is 4.98 Å². The van der Waals surface area contributed by atoms with Gasteiger partial charge in [-0.1, -0.05) is 31.8 Å². The fraction of sp³-hybridized carbons (Fsp3) is 0.529. The molecule has 1 N–H and O–H groups in total. The Morgan fingerprint density at radius 3 is 2.60 bits per heavy atom. The van der Waals surface area contributed by atoms with E-state index in [1.807, 2.05) is 13.8 Å². The van der Waals surface area contributed by atoms with Crippen LogP contribution in [0.2, 0.25) is 0 Å². The van der Waals surface area contributed by atoms with E-state index in [0.717, 1.165) is 25.7 Å². The van der Waals surface area contributed by atoms with Crippen molar-refractivity contribution in [3.63, 3.8) is 0 Å². The monoisotopic (exact) mass is 365 g/mol. The third kappa shape index (κ3) is 3.85. The minimum Gasteiger partial charge on any atom is -0.496 e. The molecule has 1 aromatic carbocycles. The predicted octanol–water partition coefficient (Wildman–Crippen LogP) is 3.09. The molecule has 8 heteroatoms. The number of hydrogen-bond donors (Lipinski definition) is 1. The Hall–Kier alpha value is -1.93. The smallest absolute Gasteiger partial charge is 0.261 e. The van der Waals surface area contributed by atoms with Crippen molar-refractivity contribution in [3.8, 4) is 17.2 Å². The number of rotatable bonds is 6. The van der Waals surface area contributed by atoms with Crippen LogP contribution in [0, 0.1) is 0 Å². The number of nitrogens with zero attached hydrogens (tertiary/aromatic N) is 2. The zero-order valence-corrected chi connectivity index (χ0v) is 15.5. The zero-order chi connectivity index (χ0) is 18.0. The Kier molecular flexibility index (Phi) is 5.10. The van der Waals surface area contributed by atoms with Gasteiger partial charge in [0.1, 0.15) is 5.75 Å². The molecule has 0 amide bonds. The first-order valence-corrected chi connectivity index (χ1v) is 9.93. The molecular formula is C17H23N3O4S. The molecule has 0 unspecified atom stereocenters. The van der Waals surface area contributed by atoms with Crippen LogP contribution in [0.1, 0.15) is 51.3 Å². The van der Waals surface area contributed by atoms with E-state index in [4.69, 9.17) is 9.26 Å². The van der Waals surface area contributed by atoms with Crippen molar-refractivity contribution in [3.05, 3.63) is 24.0 Å². The highest BCUT2D eigenvalue weighted by Gasteiger charge is 2.25. The molecule has 0 saturated heterocycles. The number of methoxy groups -OCH3 is 1. The highest BCUT2D eigenvalue weighted by Crippen LogP contribution is 2.32. The first kappa shape index (κ1) is 17.9. The summed E-state index contributed by atoms with van der Waals surface area (Å²) in [6, 6.07) is 4.66. The summed E-state index contributed by atoms with van der Waals surface area (Å²) in [4.78, 5) is 4.51. The molecule has 1 saturated carbocycles. The topological polar surface area (TPSA) is 94.3 Å². The van der Waals surface area contributed by atoms with Gasteiger partial charge in [0.15, 0.2) is 5.82 Å². The minimum atomic E-state index is -3.60. The van der Waals surface area contributed by atoms with E-state index >= 15 is 0 Å². The molecular weight excluding hydrogens is 342 g/mol. The Labute approximate surface area is 147 Å². The van der Waals surface area contributed by atoms with E-state index in [9.17, 15) is 8.42 Å². The van der Waals surface area contributed by atoms with Crippen LogP contribution in [0.5, 0.6) is 5.75 Å². The highest BCUT2D eigenvalue weighted by molar-refractivity contribution is 7.89. The number of ether oxygens (including phenoxy) is 1. The maximum absolute atomic E-state index is 12.7. The summed E-state index contributed by atoms with van der Waals surface area (Å²) < 4.78 is 38.7. The van der Waals surface area contributed by atoms with Gasteiger partial charge in [0, 0.05) is 12.0 Å². The molecule has 1 fully saturated rings. The molecule has 1 heterocycles. The molecule has 0 radical (unpaired) electrons. The van der Waals surface area contributed by atoms with Gasteiger partial charge in [0.25, 0.3) is 5.89 Å². The fourth-order valence-corrected chi connectivity index (χ4v) is 4.26. The van der Waals surface area contributed by atoms with E-state index in [0.29, 0.717) is 17.1 Å². The van der Waals surface area contributed by atoms with E-state index < -0.39 is 10.0 Å². The van der Waals surface area contributed by atoms with Crippen LogP contribution in [-0.2, 0) is 10.0 Å². The molecule has 0 spiro atoms. The molecule has 2 aromatic rings. The van der Waals surface area contributed by atoms with E-state index in [1.165, 1.54) is 19.2 Å². The number of nitrogens with one attached hydrogen (secondary N) is 1. The van der Waals surface area contributed by atoms with Crippen LogP contribution in [0.3, 0.4) is 0 Å². The normalized spacial score (nSPS) is 15.8. The third-order valence-corrected chi connectivity index (χ3v) is 5.86. The van der Waals surface area contributed by atoms with Crippen molar-refractivity contribution in [2.75, 3.05) is 7.11 Å². The molecule has 0 bridgehead atoms. The standard InChI is InChI=1S/C17H23N3O4S/c1-11(2)16-18-17(24-19-16)14-10-13(8-9-15(14)23-3)25(21,22)20-12-6-4-5-7-12/h8-12,20H,4-7H2,1-3H3. The lowest BCUT2D eigenvalue weighted by molar-refractivity contribution is 0.401. The average molecular weight is 365 g/mol. The molecule has 1 aromatic heterocycles. The first-order valence-electron chi connectivity index (χ1n) is 8.45. The number of hydrogen-bond acceptors (Lipinski definition) is 6. The summed E-state index contributed by atoms with van der Waals surface area (Å²) in [5.41, 5.74) is 0.469. The van der Waals surface area contributed by atoms with Crippen LogP contribution >= 0.6 is 0 Å². The highest BCUT2D eigenvalue weighted by atomic mass is 32.2. The maximum Gasteiger partial charge on any atom is 0.261 e. The van der Waals surface area contributed by atoms with Crippen LogP contribution in [-0.4, -0.2) is 31.7 Å². The van der Waals surface area contributed by atoms with Crippen molar-refractivity contribution in [2.24, 2.45) is 0 Å². The lowest BCUT2D eigenvalue weighted by Gasteiger charge is -2.14. The Bertz CT molecular complexity index is 839. The van der Waals surface area contributed by atoms with E-state index in [2.05, 4.69) is 14.9 Å². The van der Waals surface area contributed by atoms with Gasteiger partial charge < -0.3 is 9.26 Å². The van der Waals surface area contributed by atoms with Crippen LogP contribution in [0.25, 0.3) is 11.5 Å². The predicted molar refractivity (Wildman–Crippen MR) is 93.0 cm³/mol. The third-order valence-electron chi connectivity index (χ3n) is 4.35. The molecule has 7 nitrogen and oxygen atoms in total. The van der Waals surface area contributed by atoms with Gasteiger partial charge in [0.2, 0.25) is 10.0 Å². The molecule has 0 atom stereocenters. The zero-order valence-electron chi connectivity index (χ0n) is 14.7. The van der Waals surface area contributed by atoms with Gasteiger partial charge in [-0.15, -0.1) is 0 Å². The van der Waals surface area contributed by atoms with E-state index in [1.54, 1.807) is 6.07 Å². The lowest BCUT2D eigenvalue weighted by Crippen LogP contribution is -2.32. The number of benzene rings is 1. The summed E-state index contributed by atoms with van der Waals surface area (Å²) in [5.74, 6) is 1.41. The van der Waals surface area contributed by atoms with Gasteiger partial charge >= 0.3 is 0 Å². The fourth-order valence-electron chi connectivity index (χ4n) is 2.93. The summed E-state index contributed by atoms with van der Waals surface area (Å²) in [6.45, 7) is 3.91. The van der Waals surface area contributed by atoms with Crippen molar-refractivity contribution >= 4 is 10.0 Å². The largest absolute Gasteiger partial charge is 0.496 e. The molecule has 1 aliphatic rings. The molecule has 25 heavy (non-hydrogen) atoms. The van der Waals surface area contributed by atoms with Crippen LogP contribution in [0.4, 0.5) is 0 Å². The maximum atomic E-state index is 12.7. The second-order valence-corrected chi connectivity index (χ2v) is 8.29. The SMILES string of the molecule is COc1ccc(S(=O)(=O)NC2CCCC2)cc1-c1nc(C(C)C)no1. The molecule has 136 valence electrons. The van der Waals surface area contributed by atoms with Gasteiger partial charge in [-0.05, 0) is 31.0 Å². The Morgan fingerprint density at radius 2 is 2.00 bits per heavy atom. The quantitative estimate of drug-likeness (QED) is 0.845. The minimum absolute atomic E-state index is 0.00602. The summed E-state index contributed by atoms with van der Waals surface area (Å²) in [6.07, 6.45) is 3.87. The number of aromatic nitrogens is 2. The molecule has 1 aliphatic carbocycles. The van der Waals surface area contributed by atoms with Crippen molar-refractivity contribution in [1.82, 2.24) is 14.9 Å². The number of sulfonamides is 1. The van der Waals surface area contributed by atoms with Gasteiger partial charge in [0.05, 0.1) is 17.6 Å². The van der Waals surface area contributed by atoms with E-state index in [-0.39, 0.29) is 22.7 Å². The van der Waals surface area contributed by atoms with Gasteiger partial charge in [-0.3, -0.25) is 0 Å². The van der Waals surface area contributed by atoms with Crippen LogP contribution < -0.4 is 9.46 Å². The lowest BCUT2D eigenvalue weighted by atomic mass is 10.2.